The van der Waals surface area contributed by atoms with E-state index in [9.17, 15) is 14.4 Å². The van der Waals surface area contributed by atoms with Gasteiger partial charge in [0.1, 0.15) is 11.4 Å². The fourth-order valence-electron chi connectivity index (χ4n) is 3.11. The summed E-state index contributed by atoms with van der Waals surface area (Å²) in [5.74, 6) is -0.141. The van der Waals surface area contributed by atoms with Crippen LogP contribution in [-0.4, -0.2) is 42.9 Å². The van der Waals surface area contributed by atoms with Crippen LogP contribution in [0.15, 0.2) is 53.2 Å². The van der Waals surface area contributed by atoms with Gasteiger partial charge in [-0.25, -0.2) is 9.79 Å². The second-order valence-corrected chi connectivity index (χ2v) is 8.04. The number of methoxy groups -OCH3 is 1. The molecule has 3 rings (SSSR count). The molecule has 32 heavy (non-hydrogen) atoms. The van der Waals surface area contributed by atoms with Crippen molar-refractivity contribution in [3.63, 3.8) is 0 Å². The van der Waals surface area contributed by atoms with E-state index in [0.29, 0.717) is 16.6 Å². The first-order valence-corrected chi connectivity index (χ1v) is 10.8. The van der Waals surface area contributed by atoms with Gasteiger partial charge in [-0.3, -0.25) is 19.8 Å². The molecule has 1 heterocycles. The molecule has 2 aromatic rings. The van der Waals surface area contributed by atoms with E-state index < -0.39 is 11.9 Å². The number of aliphatic imine (C=N–C) groups is 1. The zero-order valence-corrected chi connectivity index (χ0v) is 19.1. The van der Waals surface area contributed by atoms with Gasteiger partial charge in [0.05, 0.1) is 18.6 Å². The van der Waals surface area contributed by atoms with Gasteiger partial charge in [-0.15, -0.1) is 0 Å². The standard InChI is InChI=1S/C23H24N4O4S/c1-14-9-15(2)11-17(10-14)27-21(29)19(12-16-5-7-18(31-4)8-6-16)25-23(27)32-13-20(28)26-22(30)24-3/h5-12H,13H2,1-4H3,(H2,24,26,28,30)/b19-12-. The summed E-state index contributed by atoms with van der Waals surface area (Å²) in [4.78, 5) is 42.7. The van der Waals surface area contributed by atoms with Crippen LogP contribution in [0.4, 0.5) is 10.5 Å². The second kappa shape index (κ2) is 10.1. The van der Waals surface area contributed by atoms with E-state index in [0.717, 1.165) is 28.5 Å². The van der Waals surface area contributed by atoms with Gasteiger partial charge in [-0.1, -0.05) is 30.0 Å². The molecule has 0 unspecified atom stereocenters. The van der Waals surface area contributed by atoms with Gasteiger partial charge < -0.3 is 10.1 Å². The summed E-state index contributed by atoms with van der Waals surface area (Å²) in [7, 11) is 3.01. The largest absolute Gasteiger partial charge is 0.497 e. The Bertz CT molecular complexity index is 1090. The number of thioether (sulfide) groups is 1. The first-order valence-electron chi connectivity index (χ1n) is 9.82. The van der Waals surface area contributed by atoms with Crippen molar-refractivity contribution in [3.05, 3.63) is 64.9 Å². The van der Waals surface area contributed by atoms with Crippen LogP contribution < -0.4 is 20.3 Å². The Kier molecular flexibility index (Phi) is 7.32. The summed E-state index contributed by atoms with van der Waals surface area (Å²) in [6.07, 6.45) is 1.69. The second-order valence-electron chi connectivity index (χ2n) is 7.10. The summed E-state index contributed by atoms with van der Waals surface area (Å²) in [5.41, 5.74) is 3.72. The molecule has 0 aliphatic carbocycles. The van der Waals surface area contributed by atoms with Crippen molar-refractivity contribution in [1.82, 2.24) is 10.6 Å². The molecule has 2 N–H and O–H groups in total. The van der Waals surface area contributed by atoms with Crippen molar-refractivity contribution in [3.8, 4) is 5.75 Å². The highest BCUT2D eigenvalue weighted by Crippen LogP contribution is 2.31. The van der Waals surface area contributed by atoms with E-state index in [1.807, 2.05) is 44.2 Å². The molecule has 1 aliphatic rings. The van der Waals surface area contributed by atoms with Crippen molar-refractivity contribution < 1.29 is 19.1 Å². The molecule has 0 saturated carbocycles. The number of nitrogens with zero attached hydrogens (tertiary/aromatic N) is 2. The lowest BCUT2D eigenvalue weighted by Crippen LogP contribution is -2.39. The third-order valence-electron chi connectivity index (χ3n) is 4.53. The molecule has 0 saturated heterocycles. The zero-order chi connectivity index (χ0) is 23.3. The fourth-order valence-corrected chi connectivity index (χ4v) is 3.93. The molecule has 0 aromatic heterocycles. The number of nitrogens with one attached hydrogen (secondary N) is 2. The van der Waals surface area contributed by atoms with Crippen LogP contribution in [0, 0.1) is 13.8 Å². The van der Waals surface area contributed by atoms with Crippen LogP contribution in [0.3, 0.4) is 0 Å². The van der Waals surface area contributed by atoms with Gasteiger partial charge in [0.15, 0.2) is 5.17 Å². The van der Waals surface area contributed by atoms with Crippen molar-refractivity contribution in [2.75, 3.05) is 24.8 Å². The summed E-state index contributed by atoms with van der Waals surface area (Å²) in [5, 5.41) is 4.90. The van der Waals surface area contributed by atoms with Crippen LogP contribution in [0.25, 0.3) is 6.08 Å². The highest BCUT2D eigenvalue weighted by atomic mass is 32.2. The Morgan fingerprint density at radius 2 is 1.78 bits per heavy atom. The molecule has 2 aromatic carbocycles. The Balaban J connectivity index is 1.91. The molecular weight excluding hydrogens is 428 g/mol. The number of hydrogen-bond acceptors (Lipinski definition) is 6. The molecule has 0 spiro atoms. The number of imide groups is 1. The van der Waals surface area contributed by atoms with E-state index in [4.69, 9.17) is 4.74 Å². The number of urea groups is 1. The highest BCUT2D eigenvalue weighted by molar-refractivity contribution is 8.14. The minimum absolute atomic E-state index is 0.0728. The predicted molar refractivity (Wildman–Crippen MR) is 127 cm³/mol. The summed E-state index contributed by atoms with van der Waals surface area (Å²) < 4.78 is 5.17. The van der Waals surface area contributed by atoms with Gasteiger partial charge in [-0.05, 0) is 60.9 Å². The molecule has 4 amide bonds. The number of amides is 4. The minimum atomic E-state index is -0.591. The Morgan fingerprint density at radius 3 is 2.38 bits per heavy atom. The van der Waals surface area contributed by atoms with Crippen LogP contribution in [-0.2, 0) is 9.59 Å². The normalized spacial score (nSPS) is 14.4. The monoisotopic (exact) mass is 452 g/mol. The Morgan fingerprint density at radius 1 is 1.12 bits per heavy atom. The molecule has 9 heteroatoms. The molecule has 166 valence electrons. The zero-order valence-electron chi connectivity index (χ0n) is 18.3. The number of aryl methyl sites for hydroxylation is 2. The first kappa shape index (κ1) is 23.1. The number of anilines is 1. The third kappa shape index (κ3) is 5.55. The molecule has 0 radical (unpaired) electrons. The lowest BCUT2D eigenvalue weighted by atomic mass is 10.1. The van der Waals surface area contributed by atoms with Gasteiger partial charge >= 0.3 is 6.03 Å². The topological polar surface area (TPSA) is 100 Å². The average molecular weight is 453 g/mol. The van der Waals surface area contributed by atoms with Crippen LogP contribution in [0.2, 0.25) is 0 Å². The summed E-state index contributed by atoms with van der Waals surface area (Å²) >= 11 is 1.09. The number of amidine groups is 1. The van der Waals surface area contributed by atoms with Crippen molar-refractivity contribution >= 4 is 46.5 Å². The van der Waals surface area contributed by atoms with Crippen LogP contribution in [0.1, 0.15) is 16.7 Å². The molecule has 0 fully saturated rings. The summed E-state index contributed by atoms with van der Waals surface area (Å²) in [6, 6.07) is 12.5. The number of ether oxygens (including phenoxy) is 1. The molecule has 0 bridgehead atoms. The van der Waals surface area contributed by atoms with E-state index in [1.165, 1.54) is 11.9 Å². The van der Waals surface area contributed by atoms with Crippen molar-refractivity contribution in [2.24, 2.45) is 4.99 Å². The van der Waals surface area contributed by atoms with Crippen molar-refractivity contribution in [2.45, 2.75) is 13.8 Å². The lowest BCUT2D eigenvalue weighted by molar-refractivity contribution is -0.117. The van der Waals surface area contributed by atoms with Crippen LogP contribution >= 0.6 is 11.8 Å². The smallest absolute Gasteiger partial charge is 0.321 e. The maximum Gasteiger partial charge on any atom is 0.321 e. The van der Waals surface area contributed by atoms with Gasteiger partial charge in [0.2, 0.25) is 5.91 Å². The maximum atomic E-state index is 13.3. The summed E-state index contributed by atoms with van der Waals surface area (Å²) in [6.45, 7) is 3.90. The Labute approximate surface area is 190 Å². The number of carbonyl (C=O) groups is 3. The van der Waals surface area contributed by atoms with E-state index in [-0.39, 0.29) is 17.4 Å². The number of hydrogen-bond donors (Lipinski definition) is 2. The SMILES string of the molecule is CNC(=O)NC(=O)CSC1=N/C(=C\c2ccc(OC)cc2)C(=O)N1c1cc(C)cc(C)c1. The Hall–Kier alpha value is -3.59. The number of benzene rings is 2. The van der Waals surface area contributed by atoms with E-state index in [2.05, 4.69) is 15.6 Å². The predicted octanol–water partition coefficient (Wildman–Crippen LogP) is 3.24. The third-order valence-corrected chi connectivity index (χ3v) is 5.46. The molecule has 0 atom stereocenters. The molecule has 8 nitrogen and oxygen atoms in total. The highest BCUT2D eigenvalue weighted by Gasteiger charge is 2.32. The fraction of sp³-hybridized carbons (Fsp3) is 0.217. The minimum Gasteiger partial charge on any atom is -0.497 e. The van der Waals surface area contributed by atoms with Gasteiger partial charge in [-0.2, -0.15) is 0 Å². The van der Waals surface area contributed by atoms with E-state index in [1.54, 1.807) is 25.3 Å². The van der Waals surface area contributed by atoms with Crippen LogP contribution in [0.5, 0.6) is 5.75 Å². The first-order chi connectivity index (χ1) is 15.3. The van der Waals surface area contributed by atoms with Gasteiger partial charge in [0.25, 0.3) is 5.91 Å². The lowest BCUT2D eigenvalue weighted by Gasteiger charge is -2.19. The van der Waals surface area contributed by atoms with Gasteiger partial charge in [0, 0.05) is 7.05 Å². The average Bonchev–Trinajstić information content (AvgIpc) is 3.07. The quantitative estimate of drug-likeness (QED) is 0.679. The number of carbonyl (C=O) groups excluding carboxylic acids is 3. The van der Waals surface area contributed by atoms with Crippen molar-refractivity contribution in [1.29, 1.82) is 0 Å². The maximum absolute atomic E-state index is 13.3. The number of rotatable bonds is 5. The molecular formula is C23H24N4O4S. The van der Waals surface area contributed by atoms with E-state index >= 15 is 0 Å². The molecule has 1 aliphatic heterocycles.